The number of carbonyl (C=O) groups is 1. The molecule has 0 atom stereocenters. The number of halogens is 3. The number of carbonyl (C=O) groups excluding carboxylic acids is 1. The van der Waals surface area contributed by atoms with Crippen LogP contribution in [0.4, 0.5) is 30.2 Å². The van der Waals surface area contributed by atoms with Crippen LogP contribution in [0.15, 0.2) is 42.5 Å². The molecule has 2 fully saturated rings. The van der Waals surface area contributed by atoms with E-state index in [1.54, 1.807) is 0 Å². The third-order valence-electron chi connectivity index (χ3n) is 8.57. The Morgan fingerprint density at radius 1 is 1.00 bits per heavy atom. The van der Waals surface area contributed by atoms with Gasteiger partial charge in [0.2, 0.25) is 5.91 Å². The monoisotopic (exact) mass is 574 g/mol. The van der Waals surface area contributed by atoms with E-state index < -0.39 is 22.4 Å². The van der Waals surface area contributed by atoms with Crippen molar-refractivity contribution in [1.29, 1.82) is 0 Å². The van der Waals surface area contributed by atoms with Crippen molar-refractivity contribution in [2.45, 2.75) is 76.9 Å². The lowest BCUT2D eigenvalue weighted by atomic mass is 9.84. The second-order valence-electron chi connectivity index (χ2n) is 12.6. The van der Waals surface area contributed by atoms with Crippen LogP contribution in [-0.4, -0.2) is 48.5 Å². The predicted molar refractivity (Wildman–Crippen MR) is 155 cm³/mol. The first-order valence-corrected chi connectivity index (χ1v) is 14.4. The van der Waals surface area contributed by atoms with Gasteiger partial charge in [-0.05, 0) is 79.7 Å². The zero-order valence-electron chi connectivity index (χ0n) is 24.3. The number of hydrogen-bond acceptors (Lipinski definition) is 5. The summed E-state index contributed by atoms with van der Waals surface area (Å²) in [6.07, 6.45) is -0.145. The smallest absolute Gasteiger partial charge is 0.382 e. The van der Waals surface area contributed by atoms with E-state index in [0.29, 0.717) is 31.6 Å². The largest absolute Gasteiger partial charge is 0.423 e. The molecule has 4 rings (SSSR count). The quantitative estimate of drug-likeness (QED) is 0.278. The van der Waals surface area contributed by atoms with E-state index in [4.69, 9.17) is 0 Å². The van der Waals surface area contributed by atoms with Gasteiger partial charge in [0.15, 0.2) is 0 Å². The van der Waals surface area contributed by atoms with Gasteiger partial charge in [0.05, 0.1) is 4.92 Å². The van der Waals surface area contributed by atoms with E-state index in [1.165, 1.54) is 17.3 Å². The molecule has 1 aliphatic carbocycles. The fourth-order valence-electron chi connectivity index (χ4n) is 6.07. The van der Waals surface area contributed by atoms with E-state index in [9.17, 15) is 28.1 Å². The SMILES string of the molecule is CN(CC1CCN(c2ccc(C(C)(C)C)cc2)CC1)C(=O)[C@H]1CC[C@H](Nc2ccc([N+](=O)[O-])c(C(F)(F)F)c2)CC1. The maximum atomic E-state index is 13.3. The van der Waals surface area contributed by atoms with Gasteiger partial charge in [-0.2, -0.15) is 13.2 Å². The highest BCUT2D eigenvalue weighted by Gasteiger charge is 2.39. The maximum Gasteiger partial charge on any atom is 0.423 e. The number of amides is 1. The first kappa shape index (κ1) is 30.7. The van der Waals surface area contributed by atoms with E-state index in [1.807, 2.05) is 11.9 Å². The van der Waals surface area contributed by atoms with Crippen molar-refractivity contribution in [2.24, 2.45) is 11.8 Å². The number of nitrogens with one attached hydrogen (secondary N) is 1. The van der Waals surface area contributed by atoms with Gasteiger partial charge in [-0.3, -0.25) is 14.9 Å². The van der Waals surface area contributed by atoms with Gasteiger partial charge in [-0.1, -0.05) is 32.9 Å². The predicted octanol–water partition coefficient (Wildman–Crippen LogP) is 7.26. The topological polar surface area (TPSA) is 78.7 Å². The second kappa shape index (κ2) is 12.3. The molecule has 0 aromatic heterocycles. The molecule has 1 aliphatic heterocycles. The van der Waals surface area contributed by atoms with Gasteiger partial charge < -0.3 is 15.1 Å². The summed E-state index contributed by atoms with van der Waals surface area (Å²) >= 11 is 0. The lowest BCUT2D eigenvalue weighted by Crippen LogP contribution is -2.42. The molecule has 2 aliphatic rings. The summed E-state index contributed by atoms with van der Waals surface area (Å²) in [5.74, 6) is 0.498. The minimum Gasteiger partial charge on any atom is -0.382 e. The highest BCUT2D eigenvalue weighted by Crippen LogP contribution is 2.38. The fourth-order valence-corrected chi connectivity index (χ4v) is 6.07. The third kappa shape index (κ3) is 7.71. The van der Waals surface area contributed by atoms with Crippen molar-refractivity contribution >= 4 is 23.0 Å². The van der Waals surface area contributed by atoms with Crippen molar-refractivity contribution in [1.82, 2.24) is 4.90 Å². The molecule has 1 heterocycles. The van der Waals surface area contributed by atoms with Crippen LogP contribution < -0.4 is 10.2 Å². The molecule has 0 spiro atoms. The number of rotatable bonds is 7. The van der Waals surface area contributed by atoms with Crippen LogP contribution >= 0.6 is 0 Å². The van der Waals surface area contributed by atoms with Crippen LogP contribution in [-0.2, 0) is 16.4 Å². The first-order valence-electron chi connectivity index (χ1n) is 14.4. The Hall–Kier alpha value is -3.30. The molecule has 2 aromatic carbocycles. The van der Waals surface area contributed by atoms with Gasteiger partial charge in [-0.15, -0.1) is 0 Å². The molecule has 10 heteroatoms. The van der Waals surface area contributed by atoms with Crippen molar-refractivity contribution < 1.29 is 22.9 Å². The Balaban J connectivity index is 1.23. The summed E-state index contributed by atoms with van der Waals surface area (Å²) in [6, 6.07) is 11.8. The van der Waals surface area contributed by atoms with Crippen LogP contribution in [0.5, 0.6) is 0 Å². The molecule has 2 aromatic rings. The highest BCUT2D eigenvalue weighted by molar-refractivity contribution is 5.78. The molecule has 0 radical (unpaired) electrons. The molecular formula is C31H41F3N4O3. The maximum absolute atomic E-state index is 13.3. The van der Waals surface area contributed by atoms with Crippen molar-refractivity contribution in [2.75, 3.05) is 36.9 Å². The molecule has 7 nitrogen and oxygen atoms in total. The van der Waals surface area contributed by atoms with Gasteiger partial charge in [0.25, 0.3) is 5.69 Å². The molecule has 0 bridgehead atoms. The summed E-state index contributed by atoms with van der Waals surface area (Å²) < 4.78 is 40.0. The molecule has 1 amide bonds. The number of anilines is 2. The van der Waals surface area contributed by atoms with Crippen LogP contribution in [0.2, 0.25) is 0 Å². The average molecular weight is 575 g/mol. The fraction of sp³-hybridized carbons (Fsp3) is 0.581. The van der Waals surface area contributed by atoms with E-state index in [2.05, 4.69) is 55.3 Å². The molecule has 224 valence electrons. The Kier molecular flexibility index (Phi) is 9.19. The van der Waals surface area contributed by atoms with Crippen LogP contribution in [0.1, 0.15) is 70.4 Å². The van der Waals surface area contributed by atoms with E-state index >= 15 is 0 Å². The minimum absolute atomic E-state index is 0.0892. The number of nitro benzene ring substituents is 1. The van der Waals surface area contributed by atoms with Gasteiger partial charge in [0, 0.05) is 56.1 Å². The standard InChI is InChI=1S/C31H41F3N4O3/c1-30(2,3)23-7-12-26(13-8-23)37-17-15-21(16-18-37)20-36(4)29(39)22-5-9-24(10-6-22)35-25-11-14-28(38(40)41)27(19-25)31(32,33)34/h7-8,11-14,19,21-22,24,35H,5-6,9-10,15-18,20H2,1-4H3/t22-,24-. The molecule has 1 N–H and O–H groups in total. The van der Waals surface area contributed by atoms with Gasteiger partial charge >= 0.3 is 6.18 Å². The number of alkyl halides is 3. The van der Waals surface area contributed by atoms with E-state index in [-0.39, 0.29) is 29.0 Å². The van der Waals surface area contributed by atoms with E-state index in [0.717, 1.165) is 44.6 Å². The third-order valence-corrected chi connectivity index (χ3v) is 8.57. The first-order chi connectivity index (χ1) is 19.2. The zero-order valence-corrected chi connectivity index (χ0v) is 24.3. The van der Waals surface area contributed by atoms with Gasteiger partial charge in [-0.25, -0.2) is 0 Å². The summed E-state index contributed by atoms with van der Waals surface area (Å²) in [7, 11) is 1.87. The summed E-state index contributed by atoms with van der Waals surface area (Å²) in [5, 5.41) is 14.1. The van der Waals surface area contributed by atoms with Crippen molar-refractivity contribution in [3.63, 3.8) is 0 Å². The number of nitrogens with zero attached hydrogens (tertiary/aromatic N) is 3. The van der Waals surface area contributed by atoms with Crippen molar-refractivity contribution in [3.05, 3.63) is 63.7 Å². The minimum atomic E-state index is -4.82. The Labute approximate surface area is 240 Å². The number of piperidine rings is 1. The zero-order chi connectivity index (χ0) is 29.9. The second-order valence-corrected chi connectivity index (χ2v) is 12.6. The van der Waals surface area contributed by atoms with Crippen LogP contribution in [0.25, 0.3) is 0 Å². The number of hydrogen-bond donors (Lipinski definition) is 1. The van der Waals surface area contributed by atoms with Crippen LogP contribution in [0.3, 0.4) is 0 Å². The molecule has 0 unspecified atom stereocenters. The molecule has 1 saturated heterocycles. The molecule has 1 saturated carbocycles. The summed E-state index contributed by atoms with van der Waals surface area (Å²) in [4.78, 5) is 27.5. The normalized spacial score (nSPS) is 20.5. The highest BCUT2D eigenvalue weighted by atomic mass is 19.4. The lowest BCUT2D eigenvalue weighted by molar-refractivity contribution is -0.388. The van der Waals surface area contributed by atoms with Crippen molar-refractivity contribution in [3.8, 4) is 0 Å². The molecule has 41 heavy (non-hydrogen) atoms. The average Bonchev–Trinajstić information content (AvgIpc) is 2.92. The Morgan fingerprint density at radius 3 is 2.15 bits per heavy atom. The summed E-state index contributed by atoms with van der Waals surface area (Å²) in [6.45, 7) is 9.31. The van der Waals surface area contributed by atoms with Crippen LogP contribution in [0, 0.1) is 22.0 Å². The Bertz CT molecular complexity index is 1210. The molecular weight excluding hydrogens is 533 g/mol. The Morgan fingerprint density at radius 2 is 1.61 bits per heavy atom. The number of benzene rings is 2. The summed E-state index contributed by atoms with van der Waals surface area (Å²) in [5.41, 5.74) is 0.679. The van der Waals surface area contributed by atoms with Gasteiger partial charge in [0.1, 0.15) is 5.56 Å². The lowest BCUT2D eigenvalue weighted by Gasteiger charge is -2.37. The number of nitro groups is 1.